The summed E-state index contributed by atoms with van der Waals surface area (Å²) < 4.78 is 17.4. The smallest absolute Gasteiger partial charge is 0.149 e. The number of aliphatic hydroxyl groups is 1. The van der Waals surface area contributed by atoms with Crippen LogP contribution in [0.5, 0.6) is 0 Å². The maximum absolute atomic E-state index is 12.5. The second-order valence-corrected chi connectivity index (χ2v) is 2.25. The number of rotatable bonds is 2. The lowest BCUT2D eigenvalue weighted by molar-refractivity contribution is 0.0167. The number of hydrogen-bond donors (Lipinski definition) is 1. The lowest BCUT2D eigenvalue weighted by Gasteiger charge is -2.11. The molecule has 1 saturated heterocycles. The van der Waals surface area contributed by atoms with Crippen molar-refractivity contribution in [2.24, 2.45) is 0 Å². The van der Waals surface area contributed by atoms with Crippen LogP contribution in [0.3, 0.4) is 0 Å². The van der Waals surface area contributed by atoms with E-state index in [0.29, 0.717) is 6.61 Å². The molecule has 1 aliphatic rings. The van der Waals surface area contributed by atoms with Gasteiger partial charge in [0.1, 0.15) is 6.17 Å². The quantitative estimate of drug-likeness (QED) is 0.595. The molecule has 0 radical (unpaired) electrons. The van der Waals surface area contributed by atoms with Crippen LogP contribution in [0.2, 0.25) is 0 Å². The third-order valence-electron chi connectivity index (χ3n) is 1.54. The van der Waals surface area contributed by atoms with E-state index in [2.05, 4.69) is 0 Å². The molecule has 0 aliphatic carbocycles. The standard InChI is InChI=1S/C6H11FO2/c7-5(4-8)6-2-1-3-9-6/h5-6,8H,1-4H2. The Kier molecular flexibility index (Phi) is 2.42. The highest BCUT2D eigenvalue weighted by Gasteiger charge is 2.24. The zero-order valence-electron chi connectivity index (χ0n) is 5.22. The van der Waals surface area contributed by atoms with Crippen molar-refractivity contribution in [1.82, 2.24) is 0 Å². The van der Waals surface area contributed by atoms with E-state index in [1.54, 1.807) is 0 Å². The van der Waals surface area contributed by atoms with Gasteiger partial charge in [-0.05, 0) is 12.8 Å². The van der Waals surface area contributed by atoms with Gasteiger partial charge in [0.15, 0.2) is 0 Å². The first-order valence-corrected chi connectivity index (χ1v) is 3.21. The summed E-state index contributed by atoms with van der Waals surface area (Å²) in [6.07, 6.45) is 0.162. The number of hydrogen-bond acceptors (Lipinski definition) is 2. The van der Waals surface area contributed by atoms with E-state index in [1.807, 2.05) is 0 Å². The van der Waals surface area contributed by atoms with E-state index in [4.69, 9.17) is 9.84 Å². The van der Waals surface area contributed by atoms with Crippen LogP contribution in [0.15, 0.2) is 0 Å². The minimum absolute atomic E-state index is 0.338. The average Bonchev–Trinajstić information content (AvgIpc) is 2.37. The van der Waals surface area contributed by atoms with Crippen LogP contribution in [0.4, 0.5) is 4.39 Å². The monoisotopic (exact) mass is 134 g/mol. The molecular formula is C6H11FO2. The Morgan fingerprint density at radius 3 is 3.00 bits per heavy atom. The van der Waals surface area contributed by atoms with Crippen LogP contribution in [0.25, 0.3) is 0 Å². The summed E-state index contributed by atoms with van der Waals surface area (Å²) in [5.74, 6) is 0. The minimum atomic E-state index is -1.17. The Labute approximate surface area is 53.6 Å². The summed E-state index contributed by atoms with van der Waals surface area (Å²) in [7, 11) is 0. The molecule has 1 heterocycles. The third-order valence-corrected chi connectivity index (χ3v) is 1.54. The highest BCUT2D eigenvalue weighted by atomic mass is 19.1. The summed E-state index contributed by atoms with van der Waals surface area (Å²) in [5, 5.41) is 8.34. The van der Waals surface area contributed by atoms with E-state index >= 15 is 0 Å². The number of aliphatic hydroxyl groups excluding tert-OH is 1. The maximum atomic E-state index is 12.5. The molecule has 1 aliphatic heterocycles. The molecule has 1 fully saturated rings. The van der Waals surface area contributed by atoms with Gasteiger partial charge >= 0.3 is 0 Å². The topological polar surface area (TPSA) is 29.5 Å². The fraction of sp³-hybridized carbons (Fsp3) is 1.00. The van der Waals surface area contributed by atoms with Gasteiger partial charge in [0.2, 0.25) is 0 Å². The first kappa shape index (κ1) is 6.96. The summed E-state index contributed by atoms with van der Waals surface area (Å²) >= 11 is 0. The number of ether oxygens (including phenoxy) is 1. The number of alkyl halides is 1. The van der Waals surface area contributed by atoms with Crippen molar-refractivity contribution in [3.05, 3.63) is 0 Å². The largest absolute Gasteiger partial charge is 0.393 e. The molecule has 9 heavy (non-hydrogen) atoms. The average molecular weight is 134 g/mol. The van der Waals surface area contributed by atoms with Gasteiger partial charge in [-0.2, -0.15) is 0 Å². The molecule has 54 valence electrons. The van der Waals surface area contributed by atoms with Gasteiger partial charge in [0.25, 0.3) is 0 Å². The lowest BCUT2D eigenvalue weighted by atomic mass is 10.2. The predicted molar refractivity (Wildman–Crippen MR) is 31.0 cm³/mol. The van der Waals surface area contributed by atoms with Gasteiger partial charge < -0.3 is 9.84 Å². The van der Waals surface area contributed by atoms with Gasteiger partial charge in [-0.15, -0.1) is 0 Å². The van der Waals surface area contributed by atoms with Gasteiger partial charge in [0.05, 0.1) is 12.7 Å². The van der Waals surface area contributed by atoms with Crippen molar-refractivity contribution in [3.8, 4) is 0 Å². The Morgan fingerprint density at radius 2 is 2.56 bits per heavy atom. The fourth-order valence-corrected chi connectivity index (χ4v) is 1.01. The van der Waals surface area contributed by atoms with Crippen molar-refractivity contribution in [2.75, 3.05) is 13.2 Å². The zero-order chi connectivity index (χ0) is 6.69. The Bertz CT molecular complexity index is 81.1. The van der Waals surface area contributed by atoms with Gasteiger partial charge in [0, 0.05) is 6.61 Å². The summed E-state index contributed by atoms with van der Waals surface area (Å²) in [6.45, 7) is 0.232. The highest BCUT2D eigenvalue weighted by molar-refractivity contribution is 4.72. The molecule has 0 spiro atoms. The van der Waals surface area contributed by atoms with Crippen LogP contribution >= 0.6 is 0 Å². The molecule has 0 amide bonds. The third kappa shape index (κ3) is 1.63. The van der Waals surface area contributed by atoms with E-state index in [-0.39, 0.29) is 6.10 Å². The van der Waals surface area contributed by atoms with Crippen LogP contribution in [0.1, 0.15) is 12.8 Å². The molecule has 1 N–H and O–H groups in total. The van der Waals surface area contributed by atoms with Crippen LogP contribution in [0, 0.1) is 0 Å². The molecular weight excluding hydrogens is 123 g/mol. The van der Waals surface area contributed by atoms with Gasteiger partial charge in [-0.25, -0.2) is 4.39 Å². The molecule has 0 aromatic rings. The molecule has 3 heteroatoms. The van der Waals surface area contributed by atoms with Crippen molar-refractivity contribution < 1.29 is 14.2 Å². The Morgan fingerprint density at radius 1 is 1.78 bits per heavy atom. The van der Waals surface area contributed by atoms with E-state index in [1.165, 1.54) is 0 Å². The van der Waals surface area contributed by atoms with Crippen molar-refractivity contribution in [2.45, 2.75) is 25.1 Å². The molecule has 0 saturated carbocycles. The van der Waals surface area contributed by atoms with E-state index in [9.17, 15) is 4.39 Å². The molecule has 0 bridgehead atoms. The Balaban J connectivity index is 2.24. The van der Waals surface area contributed by atoms with E-state index in [0.717, 1.165) is 12.8 Å². The molecule has 2 nitrogen and oxygen atoms in total. The predicted octanol–water partition coefficient (Wildman–Crippen LogP) is 0.496. The maximum Gasteiger partial charge on any atom is 0.149 e. The van der Waals surface area contributed by atoms with Crippen LogP contribution in [-0.2, 0) is 4.74 Å². The molecule has 0 aromatic heterocycles. The highest BCUT2D eigenvalue weighted by Crippen LogP contribution is 2.17. The second kappa shape index (κ2) is 3.13. The zero-order valence-corrected chi connectivity index (χ0v) is 5.22. The van der Waals surface area contributed by atoms with Crippen molar-refractivity contribution in [1.29, 1.82) is 0 Å². The van der Waals surface area contributed by atoms with Crippen LogP contribution in [-0.4, -0.2) is 30.6 Å². The molecule has 1 rings (SSSR count). The first-order chi connectivity index (χ1) is 4.34. The summed E-state index contributed by atoms with van der Waals surface area (Å²) in [5.41, 5.74) is 0. The normalized spacial score (nSPS) is 30.7. The SMILES string of the molecule is OCC(F)C1CCCO1. The fourth-order valence-electron chi connectivity index (χ4n) is 1.01. The minimum Gasteiger partial charge on any atom is -0.393 e. The van der Waals surface area contributed by atoms with Gasteiger partial charge in [-0.3, -0.25) is 0 Å². The summed E-state index contributed by atoms with van der Waals surface area (Å²) in [4.78, 5) is 0. The van der Waals surface area contributed by atoms with Crippen molar-refractivity contribution in [3.63, 3.8) is 0 Å². The van der Waals surface area contributed by atoms with Gasteiger partial charge in [-0.1, -0.05) is 0 Å². The Hall–Kier alpha value is -0.150. The van der Waals surface area contributed by atoms with Crippen LogP contribution < -0.4 is 0 Å². The molecule has 0 aromatic carbocycles. The van der Waals surface area contributed by atoms with E-state index < -0.39 is 12.8 Å². The van der Waals surface area contributed by atoms with Crippen molar-refractivity contribution >= 4 is 0 Å². The first-order valence-electron chi connectivity index (χ1n) is 3.21. The second-order valence-electron chi connectivity index (χ2n) is 2.25. The number of halogens is 1. The molecule has 2 unspecified atom stereocenters. The summed E-state index contributed by atoms with van der Waals surface area (Å²) in [6, 6.07) is 0. The lowest BCUT2D eigenvalue weighted by Crippen LogP contribution is -2.24. The molecule has 2 atom stereocenters.